The van der Waals surface area contributed by atoms with Gasteiger partial charge < -0.3 is 16.0 Å². The zero-order valence-electron chi connectivity index (χ0n) is 35.3. The van der Waals surface area contributed by atoms with Gasteiger partial charge in [0.15, 0.2) is 4.90 Å². The average Bonchev–Trinajstić information content (AvgIpc) is 3.51. The Morgan fingerprint density at radius 2 is 1.58 bits per heavy atom. The van der Waals surface area contributed by atoms with Crippen molar-refractivity contribution in [2.75, 3.05) is 26.2 Å². The Kier molecular flexibility index (Phi) is 15.1. The van der Waals surface area contributed by atoms with Crippen molar-refractivity contribution >= 4 is 33.4 Å². The van der Waals surface area contributed by atoms with E-state index in [-0.39, 0.29) is 73.1 Å². The van der Waals surface area contributed by atoms with Gasteiger partial charge in [-0.2, -0.15) is 4.31 Å². The van der Waals surface area contributed by atoms with Gasteiger partial charge in [0, 0.05) is 58.1 Å². The first kappa shape index (κ1) is 44.8. The van der Waals surface area contributed by atoms with E-state index in [2.05, 4.69) is 56.6 Å². The molecule has 8 atom stereocenters. The van der Waals surface area contributed by atoms with Crippen molar-refractivity contribution in [2.45, 2.75) is 142 Å². The van der Waals surface area contributed by atoms with E-state index in [0.717, 1.165) is 36.5 Å². The zero-order valence-corrected chi connectivity index (χ0v) is 36.1. The Hall–Kier alpha value is -3.32. The molecule has 0 aliphatic heterocycles. The molecule has 0 saturated heterocycles. The molecule has 0 aromatic heterocycles. The van der Waals surface area contributed by atoms with Gasteiger partial charge in [0.1, 0.15) is 0 Å². The van der Waals surface area contributed by atoms with Crippen LogP contribution in [0.5, 0.6) is 0 Å². The Morgan fingerprint density at radius 1 is 0.895 bits per heavy atom. The number of allylic oxidation sites excluding steroid dienone is 1. The van der Waals surface area contributed by atoms with Crippen LogP contribution in [0.1, 0.15) is 131 Å². The van der Waals surface area contributed by atoms with Crippen molar-refractivity contribution < 1.29 is 27.7 Å². The lowest BCUT2D eigenvalue weighted by Gasteiger charge is -2.59. The maximum Gasteiger partial charge on any atom is 0.289 e. The van der Waals surface area contributed by atoms with Crippen molar-refractivity contribution in [3.8, 4) is 0 Å². The maximum atomic E-state index is 14.5. The van der Waals surface area contributed by atoms with Crippen molar-refractivity contribution in [2.24, 2.45) is 46.3 Å². The second-order valence-corrected chi connectivity index (χ2v) is 20.4. The van der Waals surface area contributed by atoms with Crippen molar-refractivity contribution in [1.82, 2.24) is 20.3 Å². The summed E-state index contributed by atoms with van der Waals surface area (Å²) in [5.41, 5.74) is 1.29. The molecular weight excluding hydrogens is 743 g/mol. The average molecular weight is 812 g/mol. The van der Waals surface area contributed by atoms with Crippen LogP contribution in [0, 0.1) is 56.5 Å². The molecule has 3 saturated carbocycles. The molecule has 12 nitrogen and oxygen atoms in total. The van der Waals surface area contributed by atoms with Gasteiger partial charge in [-0.25, -0.2) is 8.42 Å². The molecule has 1 aromatic carbocycles. The quantitative estimate of drug-likeness (QED) is 0.0562. The van der Waals surface area contributed by atoms with Gasteiger partial charge >= 0.3 is 0 Å². The van der Waals surface area contributed by atoms with Crippen LogP contribution in [0.25, 0.3) is 0 Å². The zero-order chi connectivity index (χ0) is 41.5. The van der Waals surface area contributed by atoms with E-state index in [1.165, 1.54) is 86.0 Å². The third-order valence-electron chi connectivity index (χ3n) is 14.6. The van der Waals surface area contributed by atoms with Crippen LogP contribution in [-0.4, -0.2) is 67.6 Å². The Bertz CT molecular complexity index is 1750. The van der Waals surface area contributed by atoms with E-state index in [0.29, 0.717) is 36.5 Å². The Morgan fingerprint density at radius 3 is 2.26 bits per heavy atom. The SMILES string of the molecule is CC(=O)NCCC(=O)NCCC(=O)NCCCN([C@H]1CC[C@@]2(C)C(=CCC3C2CC[C@@]2(C)C3CC[C@@H]2C(C)CCCC(C)C)C1)S(=O)(=O)c1ccccc1[N+](=O)[O-]. The third kappa shape index (κ3) is 10.3. The number of nitro benzene ring substituents is 1. The number of nitro groups is 1. The molecule has 0 spiro atoms. The summed E-state index contributed by atoms with van der Waals surface area (Å²) < 4.78 is 30.4. The summed E-state index contributed by atoms with van der Waals surface area (Å²) in [4.78, 5) is 46.7. The minimum absolute atomic E-state index is 0.00320. The number of sulfonamides is 1. The molecule has 0 radical (unpaired) electrons. The molecule has 0 heterocycles. The highest BCUT2D eigenvalue weighted by Gasteiger charge is 2.59. The van der Waals surface area contributed by atoms with Crippen LogP contribution in [-0.2, 0) is 24.4 Å². The molecule has 57 heavy (non-hydrogen) atoms. The summed E-state index contributed by atoms with van der Waals surface area (Å²) in [5, 5.41) is 20.1. The van der Waals surface area contributed by atoms with E-state index < -0.39 is 20.6 Å². The number of nitrogens with zero attached hydrogens (tertiary/aromatic N) is 2. The monoisotopic (exact) mass is 811 g/mol. The number of carbonyl (C=O) groups is 3. The normalized spacial score (nSPS) is 28.8. The molecule has 1 aromatic rings. The first-order valence-electron chi connectivity index (χ1n) is 21.7. The number of hydrogen-bond donors (Lipinski definition) is 3. The third-order valence-corrected chi connectivity index (χ3v) is 16.6. The number of fused-ring (bicyclic) bond motifs is 5. The Labute approximate surface area is 341 Å². The predicted molar refractivity (Wildman–Crippen MR) is 222 cm³/mol. The van der Waals surface area contributed by atoms with Crippen molar-refractivity contribution in [3.63, 3.8) is 0 Å². The number of carbonyl (C=O) groups excluding carboxylic acids is 3. The fourth-order valence-electron chi connectivity index (χ4n) is 11.7. The number of rotatable bonds is 19. The molecule has 318 valence electrons. The largest absolute Gasteiger partial charge is 0.356 e. The summed E-state index contributed by atoms with van der Waals surface area (Å²) >= 11 is 0. The second kappa shape index (κ2) is 19.2. The van der Waals surface area contributed by atoms with Crippen LogP contribution in [0.2, 0.25) is 0 Å². The van der Waals surface area contributed by atoms with Gasteiger partial charge in [0.05, 0.1) is 4.92 Å². The van der Waals surface area contributed by atoms with Crippen molar-refractivity contribution in [3.05, 3.63) is 46.0 Å². The molecule has 3 N–H and O–H groups in total. The van der Waals surface area contributed by atoms with E-state index >= 15 is 0 Å². The lowest BCUT2D eigenvalue weighted by Crippen LogP contribution is -2.53. The van der Waals surface area contributed by atoms with Gasteiger partial charge in [-0.05, 0) is 110 Å². The fourth-order valence-corrected chi connectivity index (χ4v) is 13.5. The summed E-state index contributed by atoms with van der Waals surface area (Å²) in [6, 6.07) is 5.21. The number of hydrogen-bond acceptors (Lipinski definition) is 7. The molecule has 3 amide bonds. The van der Waals surface area contributed by atoms with Gasteiger partial charge in [0.25, 0.3) is 5.69 Å². The molecule has 4 unspecified atom stereocenters. The van der Waals surface area contributed by atoms with E-state index in [1.54, 1.807) is 0 Å². The first-order valence-corrected chi connectivity index (χ1v) is 23.2. The second-order valence-electron chi connectivity index (χ2n) is 18.6. The number of para-hydroxylation sites is 1. The molecule has 13 heteroatoms. The molecule has 5 rings (SSSR count). The number of benzene rings is 1. The minimum atomic E-state index is -4.26. The van der Waals surface area contributed by atoms with Crippen LogP contribution >= 0.6 is 0 Å². The minimum Gasteiger partial charge on any atom is -0.356 e. The summed E-state index contributed by atoms with van der Waals surface area (Å²) in [6.45, 7) is 14.2. The molecule has 0 bridgehead atoms. The molecular formula is C44H69N5O7S. The standard InChI is InChI=1S/C44H69N5O7S/c1-30(2)11-9-12-31(3)36-17-18-37-35-16-15-33-29-34(19-23-43(33,5)38(35)20-24-44(36,37)6)48(57(55,56)40-14-8-7-13-39(40)49(53)54)28-10-25-46-41(51)22-27-47-42(52)21-26-45-32(4)50/h7-8,13-15,30-31,34-38H,9-12,16-29H2,1-6H3,(H,45,50)(H,46,51)(H,47,52)/t31?,34-,35?,36+,37?,38?,43-,44+/m0/s1. The fraction of sp³-hybridized carbons (Fsp3) is 0.750. The first-order chi connectivity index (χ1) is 27.0. The molecule has 3 fully saturated rings. The van der Waals surface area contributed by atoms with Crippen LogP contribution in [0.3, 0.4) is 0 Å². The van der Waals surface area contributed by atoms with Crippen molar-refractivity contribution in [1.29, 1.82) is 0 Å². The van der Waals surface area contributed by atoms with Gasteiger partial charge in [0.2, 0.25) is 27.7 Å². The lowest BCUT2D eigenvalue weighted by molar-refractivity contribution is -0.387. The van der Waals surface area contributed by atoms with E-state index in [1.807, 2.05) is 0 Å². The highest BCUT2D eigenvalue weighted by molar-refractivity contribution is 7.89. The summed E-state index contributed by atoms with van der Waals surface area (Å²) in [5.74, 6) is 3.45. The lowest BCUT2D eigenvalue weighted by atomic mass is 9.47. The summed E-state index contributed by atoms with van der Waals surface area (Å²) in [6.07, 6.45) is 15.2. The van der Waals surface area contributed by atoms with Gasteiger partial charge in [-0.1, -0.05) is 77.7 Å². The molecule has 4 aliphatic rings. The molecule has 4 aliphatic carbocycles. The van der Waals surface area contributed by atoms with Crippen LogP contribution in [0.4, 0.5) is 5.69 Å². The highest BCUT2D eigenvalue weighted by atomic mass is 32.2. The smallest absolute Gasteiger partial charge is 0.289 e. The van der Waals surface area contributed by atoms with Gasteiger partial charge in [-0.3, -0.25) is 24.5 Å². The highest BCUT2D eigenvalue weighted by Crippen LogP contribution is 2.67. The number of amides is 3. The van der Waals surface area contributed by atoms with Gasteiger partial charge in [-0.15, -0.1) is 0 Å². The number of nitrogens with one attached hydrogen (secondary N) is 3. The van der Waals surface area contributed by atoms with Crippen LogP contribution in [0.15, 0.2) is 40.8 Å². The van der Waals surface area contributed by atoms with E-state index in [4.69, 9.17) is 0 Å². The van der Waals surface area contributed by atoms with Crippen LogP contribution < -0.4 is 16.0 Å². The Balaban J connectivity index is 1.26. The topological polar surface area (TPSA) is 168 Å². The predicted octanol–water partition coefficient (Wildman–Crippen LogP) is 7.53. The summed E-state index contributed by atoms with van der Waals surface area (Å²) in [7, 11) is -4.26. The van der Waals surface area contributed by atoms with E-state index in [9.17, 15) is 32.9 Å². The maximum absolute atomic E-state index is 14.5.